The lowest BCUT2D eigenvalue weighted by molar-refractivity contribution is 0.415. The molecule has 2 heterocycles. The molecular formula is C22H32N6O. The summed E-state index contributed by atoms with van der Waals surface area (Å²) in [7, 11) is 1.69. The number of nitrogens with zero attached hydrogens (tertiary/aromatic N) is 4. The Balaban J connectivity index is 1.40. The molecule has 156 valence electrons. The molecule has 3 N–H and O–H groups in total. The molecule has 4 rings (SSSR count). The smallest absolute Gasteiger partial charge is 0.157 e. The third-order valence-electron chi connectivity index (χ3n) is 6.08. The highest BCUT2D eigenvalue weighted by Crippen LogP contribution is 2.30. The Morgan fingerprint density at radius 2 is 1.59 bits per heavy atom. The number of methoxy groups -OCH3 is 1. The highest BCUT2D eigenvalue weighted by atomic mass is 16.5. The van der Waals surface area contributed by atoms with Crippen LogP contribution in [0.2, 0.25) is 0 Å². The van der Waals surface area contributed by atoms with Crippen molar-refractivity contribution in [2.24, 2.45) is 0 Å². The number of anilines is 4. The lowest BCUT2D eigenvalue weighted by Crippen LogP contribution is -2.47. The van der Waals surface area contributed by atoms with E-state index in [-0.39, 0.29) is 0 Å². The summed E-state index contributed by atoms with van der Waals surface area (Å²) >= 11 is 0. The second-order valence-corrected chi connectivity index (χ2v) is 7.96. The summed E-state index contributed by atoms with van der Waals surface area (Å²) in [4.78, 5) is 13.6. The van der Waals surface area contributed by atoms with Crippen molar-refractivity contribution >= 4 is 23.0 Å². The van der Waals surface area contributed by atoms with Crippen molar-refractivity contribution in [1.82, 2.24) is 9.97 Å². The standard InChI is InChI=1S/C22H32N6O/c1-29-19-10-8-18(9-11-19)27-12-14-28(15-13-27)22-20(23)21(24-16-25-22)26-17-6-4-2-3-5-7-17/h8-11,16-17H,2-7,12-15,23H2,1H3,(H,24,25,26). The minimum absolute atomic E-state index is 0.467. The number of nitrogens with one attached hydrogen (secondary N) is 1. The summed E-state index contributed by atoms with van der Waals surface area (Å²) < 4.78 is 5.26. The lowest BCUT2D eigenvalue weighted by atomic mass is 10.1. The second-order valence-electron chi connectivity index (χ2n) is 7.96. The number of piperazine rings is 1. The van der Waals surface area contributed by atoms with Crippen molar-refractivity contribution in [3.63, 3.8) is 0 Å². The van der Waals surface area contributed by atoms with Crippen LogP contribution in [0.25, 0.3) is 0 Å². The van der Waals surface area contributed by atoms with Crippen molar-refractivity contribution in [1.29, 1.82) is 0 Å². The van der Waals surface area contributed by atoms with Crippen LogP contribution in [-0.4, -0.2) is 49.3 Å². The third-order valence-corrected chi connectivity index (χ3v) is 6.08. The van der Waals surface area contributed by atoms with Gasteiger partial charge in [-0.2, -0.15) is 0 Å². The zero-order valence-electron chi connectivity index (χ0n) is 17.3. The average molecular weight is 397 g/mol. The first-order valence-corrected chi connectivity index (χ1v) is 10.8. The van der Waals surface area contributed by atoms with Gasteiger partial charge < -0.3 is 25.6 Å². The SMILES string of the molecule is COc1ccc(N2CCN(c3ncnc(NC4CCCCCC4)c3N)CC2)cc1. The van der Waals surface area contributed by atoms with Gasteiger partial charge in [0.15, 0.2) is 11.6 Å². The molecule has 2 aliphatic rings. The summed E-state index contributed by atoms with van der Waals surface area (Å²) in [5.41, 5.74) is 8.39. The minimum Gasteiger partial charge on any atom is -0.497 e. The molecule has 7 heteroatoms. The van der Waals surface area contributed by atoms with E-state index in [1.165, 1.54) is 44.2 Å². The van der Waals surface area contributed by atoms with Gasteiger partial charge in [0.05, 0.1) is 7.11 Å². The van der Waals surface area contributed by atoms with Crippen molar-refractivity contribution in [2.75, 3.05) is 54.1 Å². The Bertz CT molecular complexity index is 780. The minimum atomic E-state index is 0.467. The molecule has 0 unspecified atom stereocenters. The number of rotatable bonds is 5. The Morgan fingerprint density at radius 1 is 0.931 bits per heavy atom. The van der Waals surface area contributed by atoms with E-state index in [9.17, 15) is 0 Å². The van der Waals surface area contributed by atoms with E-state index in [1.807, 2.05) is 12.1 Å². The second kappa shape index (κ2) is 9.20. The Hall–Kier alpha value is -2.70. The van der Waals surface area contributed by atoms with Crippen LogP contribution in [0, 0.1) is 0 Å². The zero-order chi connectivity index (χ0) is 20.1. The van der Waals surface area contributed by atoms with E-state index < -0.39 is 0 Å². The van der Waals surface area contributed by atoms with Crippen LogP contribution in [0.15, 0.2) is 30.6 Å². The summed E-state index contributed by atoms with van der Waals surface area (Å²) in [5, 5.41) is 3.59. The van der Waals surface area contributed by atoms with Crippen LogP contribution in [0.4, 0.5) is 23.0 Å². The summed E-state index contributed by atoms with van der Waals surface area (Å²) in [5.74, 6) is 2.53. The van der Waals surface area contributed by atoms with Crippen LogP contribution in [-0.2, 0) is 0 Å². The molecule has 1 aliphatic heterocycles. The Morgan fingerprint density at radius 3 is 2.24 bits per heavy atom. The molecule has 1 saturated heterocycles. The van der Waals surface area contributed by atoms with E-state index in [0.717, 1.165) is 43.6 Å². The van der Waals surface area contributed by atoms with E-state index in [4.69, 9.17) is 10.5 Å². The molecule has 2 fully saturated rings. The highest BCUT2D eigenvalue weighted by Gasteiger charge is 2.22. The van der Waals surface area contributed by atoms with Gasteiger partial charge in [0.25, 0.3) is 0 Å². The highest BCUT2D eigenvalue weighted by molar-refractivity contribution is 5.75. The van der Waals surface area contributed by atoms with Crippen LogP contribution >= 0.6 is 0 Å². The van der Waals surface area contributed by atoms with Crippen LogP contribution in [0.3, 0.4) is 0 Å². The largest absolute Gasteiger partial charge is 0.497 e. The molecule has 1 aromatic carbocycles. The first kappa shape index (κ1) is 19.6. The summed E-state index contributed by atoms with van der Waals surface area (Å²) in [6.45, 7) is 3.63. The molecule has 0 spiro atoms. The predicted molar refractivity (Wildman–Crippen MR) is 119 cm³/mol. The van der Waals surface area contributed by atoms with E-state index in [0.29, 0.717) is 11.7 Å². The van der Waals surface area contributed by atoms with Gasteiger partial charge in [-0.25, -0.2) is 9.97 Å². The van der Waals surface area contributed by atoms with Gasteiger partial charge in [-0.15, -0.1) is 0 Å². The van der Waals surface area contributed by atoms with Gasteiger partial charge in [0.2, 0.25) is 0 Å². The maximum absolute atomic E-state index is 6.49. The number of hydrogen-bond acceptors (Lipinski definition) is 7. The van der Waals surface area contributed by atoms with Crippen LogP contribution in [0.1, 0.15) is 38.5 Å². The fourth-order valence-electron chi connectivity index (χ4n) is 4.34. The number of benzene rings is 1. The summed E-state index contributed by atoms with van der Waals surface area (Å²) in [6, 6.07) is 8.71. The topological polar surface area (TPSA) is 79.5 Å². The molecule has 29 heavy (non-hydrogen) atoms. The van der Waals surface area contributed by atoms with Crippen molar-refractivity contribution in [3.8, 4) is 5.75 Å². The molecule has 0 amide bonds. The van der Waals surface area contributed by atoms with E-state index >= 15 is 0 Å². The van der Waals surface area contributed by atoms with Crippen LogP contribution < -0.4 is 25.6 Å². The number of ether oxygens (including phenoxy) is 1. The fourth-order valence-corrected chi connectivity index (χ4v) is 4.34. The van der Waals surface area contributed by atoms with Gasteiger partial charge in [0, 0.05) is 37.9 Å². The lowest BCUT2D eigenvalue weighted by Gasteiger charge is -2.37. The summed E-state index contributed by atoms with van der Waals surface area (Å²) in [6.07, 6.45) is 9.26. The molecule has 1 aromatic heterocycles. The average Bonchev–Trinajstić information content (AvgIpc) is 3.04. The molecule has 2 aromatic rings. The third kappa shape index (κ3) is 4.66. The molecule has 0 bridgehead atoms. The van der Waals surface area contributed by atoms with Crippen LogP contribution in [0.5, 0.6) is 5.75 Å². The van der Waals surface area contributed by atoms with Crippen molar-refractivity contribution in [3.05, 3.63) is 30.6 Å². The Kier molecular flexibility index (Phi) is 6.22. The van der Waals surface area contributed by atoms with Crippen molar-refractivity contribution in [2.45, 2.75) is 44.6 Å². The molecule has 0 atom stereocenters. The molecular weight excluding hydrogens is 364 g/mol. The maximum atomic E-state index is 6.49. The van der Waals surface area contributed by atoms with E-state index in [2.05, 4.69) is 37.2 Å². The van der Waals surface area contributed by atoms with Gasteiger partial charge >= 0.3 is 0 Å². The first-order chi connectivity index (χ1) is 14.2. The fraction of sp³-hybridized carbons (Fsp3) is 0.545. The zero-order valence-corrected chi connectivity index (χ0v) is 17.3. The molecule has 1 saturated carbocycles. The van der Waals surface area contributed by atoms with Gasteiger partial charge in [-0.1, -0.05) is 25.7 Å². The van der Waals surface area contributed by atoms with Crippen molar-refractivity contribution < 1.29 is 4.74 Å². The number of hydrogen-bond donors (Lipinski definition) is 2. The van der Waals surface area contributed by atoms with E-state index in [1.54, 1.807) is 13.4 Å². The van der Waals surface area contributed by atoms with Gasteiger partial charge in [-0.05, 0) is 37.1 Å². The number of nitrogen functional groups attached to an aromatic ring is 1. The maximum Gasteiger partial charge on any atom is 0.157 e. The Labute approximate surface area is 173 Å². The number of nitrogens with two attached hydrogens (primary N) is 1. The normalized spacial score (nSPS) is 18.4. The monoisotopic (exact) mass is 396 g/mol. The molecule has 0 radical (unpaired) electrons. The first-order valence-electron chi connectivity index (χ1n) is 10.8. The van der Waals surface area contributed by atoms with Gasteiger partial charge in [-0.3, -0.25) is 0 Å². The predicted octanol–water partition coefficient (Wildman–Crippen LogP) is 3.53. The van der Waals surface area contributed by atoms with Gasteiger partial charge in [0.1, 0.15) is 17.8 Å². The quantitative estimate of drug-likeness (QED) is 0.749. The molecule has 1 aliphatic carbocycles. The molecule has 7 nitrogen and oxygen atoms in total. The number of aromatic nitrogens is 2.